The molecule has 0 radical (unpaired) electrons. The molecule has 0 bridgehead atoms. The highest BCUT2D eigenvalue weighted by molar-refractivity contribution is 7.92. The Balaban J connectivity index is 1.58. The summed E-state index contributed by atoms with van der Waals surface area (Å²) in [6.07, 6.45) is 1.94. The van der Waals surface area contributed by atoms with Gasteiger partial charge in [0.05, 0.1) is 16.2 Å². The molecular formula is C21H28F3NO3S. The Bertz CT molecular complexity index is 877. The summed E-state index contributed by atoms with van der Waals surface area (Å²) in [6.45, 7) is 3.88. The largest absolute Gasteiger partial charge is 0.468 e. The molecule has 162 valence electrons. The summed E-state index contributed by atoms with van der Waals surface area (Å²) < 4.78 is 65.9. The van der Waals surface area contributed by atoms with E-state index in [-0.39, 0.29) is 17.6 Å². The molecular weight excluding hydrogens is 403 g/mol. The van der Waals surface area contributed by atoms with Crippen LogP contribution in [-0.4, -0.2) is 36.7 Å². The van der Waals surface area contributed by atoms with Gasteiger partial charge in [0.15, 0.2) is 16.4 Å². The third-order valence-corrected chi connectivity index (χ3v) is 8.62. The van der Waals surface area contributed by atoms with Gasteiger partial charge in [-0.2, -0.15) is 13.2 Å². The molecule has 1 saturated carbocycles. The minimum atomic E-state index is -4.39. The summed E-state index contributed by atoms with van der Waals surface area (Å²) in [5, 5.41) is 0. The number of halogens is 3. The molecule has 4 nitrogen and oxygen atoms in total. The molecule has 2 aliphatic rings. The van der Waals surface area contributed by atoms with Gasteiger partial charge in [-0.3, -0.25) is 0 Å². The highest BCUT2D eigenvalue weighted by atomic mass is 32.2. The Morgan fingerprint density at radius 3 is 2.34 bits per heavy atom. The molecule has 0 amide bonds. The van der Waals surface area contributed by atoms with E-state index in [4.69, 9.17) is 4.74 Å². The predicted molar refractivity (Wildman–Crippen MR) is 106 cm³/mol. The summed E-state index contributed by atoms with van der Waals surface area (Å²) in [4.78, 5) is 4.21. The summed E-state index contributed by atoms with van der Waals surface area (Å²) in [7, 11) is -3.12. The topological polar surface area (TPSA) is 56.3 Å². The fourth-order valence-corrected chi connectivity index (χ4v) is 5.42. The van der Waals surface area contributed by atoms with Gasteiger partial charge in [-0.1, -0.05) is 11.6 Å². The Morgan fingerprint density at radius 2 is 1.76 bits per heavy atom. The average Bonchev–Trinajstić information content (AvgIpc) is 3.02. The zero-order valence-corrected chi connectivity index (χ0v) is 17.9. The molecule has 0 aromatic carbocycles. The van der Waals surface area contributed by atoms with Crippen LogP contribution in [0.1, 0.15) is 57.7 Å². The van der Waals surface area contributed by atoms with Gasteiger partial charge in [0.2, 0.25) is 5.88 Å². The highest BCUT2D eigenvalue weighted by Gasteiger charge is 2.34. The van der Waals surface area contributed by atoms with E-state index in [0.29, 0.717) is 11.6 Å². The summed E-state index contributed by atoms with van der Waals surface area (Å²) in [5.74, 6) is 0.789. The highest BCUT2D eigenvalue weighted by Crippen LogP contribution is 2.39. The summed E-state index contributed by atoms with van der Waals surface area (Å²) in [5.41, 5.74) is 2.91. The molecule has 0 aliphatic heterocycles. The second-order valence-corrected chi connectivity index (χ2v) is 11.9. The van der Waals surface area contributed by atoms with Crippen molar-refractivity contribution in [1.29, 1.82) is 0 Å². The van der Waals surface area contributed by atoms with Gasteiger partial charge in [-0.15, -0.1) is 0 Å². The predicted octanol–water partition coefficient (Wildman–Crippen LogP) is 4.98. The molecule has 0 atom stereocenters. The van der Waals surface area contributed by atoms with Crippen LogP contribution in [0, 0.1) is 11.8 Å². The summed E-state index contributed by atoms with van der Waals surface area (Å²) in [6, 6.07) is 3.26. The van der Waals surface area contributed by atoms with Crippen molar-refractivity contribution in [3.05, 3.63) is 29.0 Å². The van der Waals surface area contributed by atoms with Crippen LogP contribution >= 0.6 is 0 Å². The van der Waals surface area contributed by atoms with E-state index in [2.05, 4.69) is 4.98 Å². The van der Waals surface area contributed by atoms with Gasteiger partial charge in [-0.25, -0.2) is 13.4 Å². The molecule has 3 rings (SSSR count). The number of alkyl halides is 3. The van der Waals surface area contributed by atoms with Gasteiger partial charge in [0, 0.05) is 6.07 Å². The zero-order valence-electron chi connectivity index (χ0n) is 17.1. The second kappa shape index (κ2) is 7.93. The van der Waals surface area contributed by atoms with Crippen molar-refractivity contribution in [2.45, 2.75) is 63.8 Å². The van der Waals surface area contributed by atoms with Crippen molar-refractivity contribution >= 4 is 15.9 Å². The number of allylic oxidation sites excluding steroid dienone is 1. The number of hydrogen-bond donors (Lipinski definition) is 0. The molecule has 1 aromatic heterocycles. The zero-order chi connectivity index (χ0) is 21.4. The maximum atomic E-state index is 12.5. The fourth-order valence-electron chi connectivity index (χ4n) is 3.96. The molecule has 1 fully saturated rings. The van der Waals surface area contributed by atoms with E-state index >= 15 is 0 Å². The van der Waals surface area contributed by atoms with Crippen molar-refractivity contribution in [3.63, 3.8) is 0 Å². The lowest BCUT2D eigenvalue weighted by atomic mass is 9.78. The van der Waals surface area contributed by atoms with E-state index in [9.17, 15) is 21.6 Å². The smallest absolute Gasteiger partial charge is 0.422 e. The lowest BCUT2D eigenvalue weighted by Crippen LogP contribution is -2.34. The average molecular weight is 432 g/mol. The molecule has 0 unspecified atom stereocenters. The molecule has 1 heterocycles. The molecule has 0 saturated heterocycles. The number of fused-ring (bicyclic) bond motifs is 1. The van der Waals surface area contributed by atoms with E-state index in [1.54, 1.807) is 26.8 Å². The fraction of sp³-hybridized carbons (Fsp3) is 0.667. The lowest BCUT2D eigenvalue weighted by Gasteiger charge is -2.31. The van der Waals surface area contributed by atoms with Gasteiger partial charge >= 0.3 is 6.18 Å². The number of nitrogens with zero attached hydrogens (tertiary/aromatic N) is 1. The number of aromatic nitrogens is 1. The van der Waals surface area contributed by atoms with Crippen molar-refractivity contribution in [1.82, 2.24) is 4.98 Å². The first-order valence-corrected chi connectivity index (χ1v) is 11.6. The third-order valence-electron chi connectivity index (χ3n) is 5.85. The number of rotatable bonds is 5. The van der Waals surface area contributed by atoms with Gasteiger partial charge in [-0.05, 0) is 76.4 Å². The number of hydrogen-bond acceptors (Lipinski definition) is 4. The van der Waals surface area contributed by atoms with E-state index in [0.717, 1.165) is 37.7 Å². The number of pyridine rings is 1. The SMILES string of the molecule is CC(C)(C)S(=O)(=O)CC1CCC(C2=Cc3nc(OCC(F)(F)F)ccc3C2)CC1. The van der Waals surface area contributed by atoms with Gasteiger partial charge in [0.1, 0.15) is 0 Å². The monoisotopic (exact) mass is 431 g/mol. The molecule has 29 heavy (non-hydrogen) atoms. The van der Waals surface area contributed by atoms with E-state index < -0.39 is 27.4 Å². The van der Waals surface area contributed by atoms with Crippen molar-refractivity contribution in [2.75, 3.05) is 12.4 Å². The standard InChI is InChI=1S/C21H28F3NO3S/c1-20(2,3)29(26,27)12-14-4-6-15(7-5-14)17-10-16-8-9-19(25-18(16)11-17)28-13-21(22,23)24/h8-9,11,14-15H,4-7,10,12-13H2,1-3H3. The third kappa shape index (κ3) is 5.53. The molecule has 0 spiro atoms. The Hall–Kier alpha value is -1.57. The second-order valence-electron chi connectivity index (χ2n) is 9.11. The van der Waals surface area contributed by atoms with Gasteiger partial charge in [0.25, 0.3) is 0 Å². The molecule has 1 aromatic rings. The van der Waals surface area contributed by atoms with E-state index in [1.165, 1.54) is 11.6 Å². The van der Waals surface area contributed by atoms with Crippen LogP contribution in [0.25, 0.3) is 6.08 Å². The Labute approximate surface area is 170 Å². The first kappa shape index (κ1) is 22.1. The van der Waals surface area contributed by atoms with Crippen molar-refractivity contribution in [3.8, 4) is 5.88 Å². The van der Waals surface area contributed by atoms with Crippen LogP contribution < -0.4 is 4.74 Å². The number of ether oxygens (including phenoxy) is 1. The first-order valence-electron chi connectivity index (χ1n) is 9.96. The minimum absolute atomic E-state index is 0.0188. The van der Waals surface area contributed by atoms with Gasteiger partial charge < -0.3 is 4.74 Å². The molecule has 8 heteroatoms. The Kier molecular flexibility index (Phi) is 6.05. The van der Waals surface area contributed by atoms with Crippen LogP contribution in [0.3, 0.4) is 0 Å². The maximum Gasteiger partial charge on any atom is 0.422 e. The van der Waals surface area contributed by atoms with Crippen molar-refractivity contribution in [2.24, 2.45) is 11.8 Å². The Morgan fingerprint density at radius 1 is 1.10 bits per heavy atom. The normalized spacial score (nSPS) is 22.9. The summed E-state index contributed by atoms with van der Waals surface area (Å²) >= 11 is 0. The maximum absolute atomic E-state index is 12.5. The molecule has 0 N–H and O–H groups in total. The van der Waals surface area contributed by atoms with Crippen molar-refractivity contribution < 1.29 is 26.3 Å². The first-order chi connectivity index (χ1) is 13.3. The van der Waals surface area contributed by atoms with E-state index in [1.807, 2.05) is 6.08 Å². The lowest BCUT2D eigenvalue weighted by molar-refractivity contribution is -0.154. The van der Waals surface area contributed by atoms with Crippen LogP contribution in [0.4, 0.5) is 13.2 Å². The minimum Gasteiger partial charge on any atom is -0.468 e. The van der Waals surface area contributed by atoms with Crippen LogP contribution in [-0.2, 0) is 16.3 Å². The van der Waals surface area contributed by atoms with Crippen LogP contribution in [0.2, 0.25) is 0 Å². The molecule has 2 aliphatic carbocycles. The van der Waals surface area contributed by atoms with Crippen LogP contribution in [0.5, 0.6) is 5.88 Å². The number of sulfone groups is 1. The quantitative estimate of drug-likeness (QED) is 0.660. The van der Waals surface area contributed by atoms with Crippen LogP contribution in [0.15, 0.2) is 17.7 Å².